The molecule has 22 heavy (non-hydrogen) atoms. The SMILES string of the molecule is Cc1cnc2c(Cl)c(C(=O)N3CCC3c3cccs3)nn2c1. The minimum Gasteiger partial charge on any atom is -0.329 e. The topological polar surface area (TPSA) is 50.5 Å². The molecule has 3 aromatic rings. The number of hydrogen-bond acceptors (Lipinski definition) is 4. The molecule has 1 saturated heterocycles. The van der Waals surface area contributed by atoms with Gasteiger partial charge in [0.05, 0.1) is 6.04 Å². The summed E-state index contributed by atoms with van der Waals surface area (Å²) in [6.07, 6.45) is 4.52. The normalized spacial score (nSPS) is 17.7. The fourth-order valence-corrected chi connectivity index (χ4v) is 3.81. The lowest BCUT2D eigenvalue weighted by atomic mass is 10.0. The fourth-order valence-electron chi connectivity index (χ4n) is 2.68. The number of hydrogen-bond donors (Lipinski definition) is 0. The molecule has 0 N–H and O–H groups in total. The van der Waals surface area contributed by atoms with Crippen molar-refractivity contribution in [3.05, 3.63) is 51.1 Å². The van der Waals surface area contributed by atoms with Crippen LogP contribution in [-0.4, -0.2) is 31.9 Å². The first kappa shape index (κ1) is 13.7. The summed E-state index contributed by atoms with van der Waals surface area (Å²) in [5, 5.41) is 6.68. The molecule has 0 saturated carbocycles. The molecule has 4 rings (SSSR count). The number of amides is 1. The molecule has 1 unspecified atom stereocenters. The van der Waals surface area contributed by atoms with E-state index in [1.54, 1.807) is 22.0 Å². The van der Waals surface area contributed by atoms with Crippen LogP contribution < -0.4 is 0 Å². The van der Waals surface area contributed by atoms with Crippen LogP contribution in [0.3, 0.4) is 0 Å². The Morgan fingerprint density at radius 2 is 2.36 bits per heavy atom. The van der Waals surface area contributed by atoms with Gasteiger partial charge in [0.25, 0.3) is 5.91 Å². The van der Waals surface area contributed by atoms with Gasteiger partial charge in [-0.15, -0.1) is 11.3 Å². The maximum absolute atomic E-state index is 12.8. The van der Waals surface area contributed by atoms with Crippen LogP contribution in [0.4, 0.5) is 0 Å². The van der Waals surface area contributed by atoms with Gasteiger partial charge < -0.3 is 4.90 Å². The van der Waals surface area contributed by atoms with Crippen molar-refractivity contribution in [3.8, 4) is 0 Å². The molecule has 0 spiro atoms. The van der Waals surface area contributed by atoms with E-state index in [2.05, 4.69) is 16.1 Å². The summed E-state index contributed by atoms with van der Waals surface area (Å²) < 4.78 is 1.57. The van der Waals surface area contributed by atoms with E-state index in [4.69, 9.17) is 11.6 Å². The minimum absolute atomic E-state index is 0.127. The number of nitrogens with zero attached hydrogens (tertiary/aromatic N) is 4. The van der Waals surface area contributed by atoms with Crippen LogP contribution in [-0.2, 0) is 0 Å². The van der Waals surface area contributed by atoms with Crippen LogP contribution in [0.2, 0.25) is 5.02 Å². The summed E-state index contributed by atoms with van der Waals surface area (Å²) in [7, 11) is 0. The quantitative estimate of drug-likeness (QED) is 0.723. The summed E-state index contributed by atoms with van der Waals surface area (Å²) in [4.78, 5) is 20.0. The Kier molecular flexibility index (Phi) is 3.16. The Morgan fingerprint density at radius 1 is 1.50 bits per heavy atom. The summed E-state index contributed by atoms with van der Waals surface area (Å²) in [6.45, 7) is 2.66. The number of thiophene rings is 1. The zero-order valence-electron chi connectivity index (χ0n) is 11.9. The lowest BCUT2D eigenvalue weighted by molar-refractivity contribution is 0.0461. The highest BCUT2D eigenvalue weighted by Gasteiger charge is 2.36. The van der Waals surface area contributed by atoms with Crippen molar-refractivity contribution in [2.75, 3.05) is 6.54 Å². The molecule has 5 nitrogen and oxygen atoms in total. The zero-order valence-corrected chi connectivity index (χ0v) is 13.4. The Labute approximate surface area is 136 Å². The van der Waals surface area contributed by atoms with E-state index in [9.17, 15) is 4.79 Å². The number of halogens is 1. The van der Waals surface area contributed by atoms with Gasteiger partial charge in [-0.3, -0.25) is 4.79 Å². The third kappa shape index (κ3) is 2.02. The van der Waals surface area contributed by atoms with Crippen molar-refractivity contribution in [2.24, 2.45) is 0 Å². The van der Waals surface area contributed by atoms with Crippen molar-refractivity contribution < 1.29 is 4.79 Å². The molecule has 3 aromatic heterocycles. The second-order valence-electron chi connectivity index (χ2n) is 5.38. The smallest absolute Gasteiger partial charge is 0.276 e. The average molecular weight is 333 g/mol. The molecular formula is C15H13ClN4OS. The van der Waals surface area contributed by atoms with E-state index in [1.165, 1.54) is 4.88 Å². The molecule has 7 heteroatoms. The Morgan fingerprint density at radius 3 is 3.05 bits per heavy atom. The number of carbonyl (C=O) groups excluding carboxylic acids is 1. The van der Waals surface area contributed by atoms with Gasteiger partial charge in [0.2, 0.25) is 0 Å². The Hall–Kier alpha value is -1.92. The molecule has 1 atom stereocenters. The van der Waals surface area contributed by atoms with Crippen molar-refractivity contribution in [1.29, 1.82) is 0 Å². The summed E-state index contributed by atoms with van der Waals surface area (Å²) in [5.41, 5.74) is 1.76. The molecule has 0 aromatic carbocycles. The second kappa shape index (κ2) is 5.07. The Balaban J connectivity index is 1.70. The van der Waals surface area contributed by atoms with Crippen LogP contribution in [0.25, 0.3) is 5.65 Å². The first-order chi connectivity index (χ1) is 10.6. The lowest BCUT2D eigenvalue weighted by Gasteiger charge is -2.40. The van der Waals surface area contributed by atoms with Crippen LogP contribution in [0.1, 0.15) is 33.4 Å². The largest absolute Gasteiger partial charge is 0.329 e. The van der Waals surface area contributed by atoms with Crippen molar-refractivity contribution in [1.82, 2.24) is 19.5 Å². The predicted molar refractivity (Wildman–Crippen MR) is 85.4 cm³/mol. The van der Waals surface area contributed by atoms with Crippen LogP contribution in [0, 0.1) is 6.92 Å². The highest BCUT2D eigenvalue weighted by atomic mass is 35.5. The third-order valence-corrected chi connectivity index (χ3v) is 5.22. The van der Waals surface area contributed by atoms with Gasteiger partial charge in [0.1, 0.15) is 5.02 Å². The average Bonchev–Trinajstić information content (AvgIpc) is 3.06. The monoisotopic (exact) mass is 332 g/mol. The van der Waals surface area contributed by atoms with Gasteiger partial charge in [-0.1, -0.05) is 17.7 Å². The van der Waals surface area contributed by atoms with Gasteiger partial charge in [0.15, 0.2) is 11.3 Å². The molecule has 1 amide bonds. The fraction of sp³-hybridized carbons (Fsp3) is 0.267. The van der Waals surface area contributed by atoms with Crippen LogP contribution >= 0.6 is 22.9 Å². The molecule has 0 bridgehead atoms. The first-order valence-corrected chi connectivity index (χ1v) is 8.26. The molecule has 4 heterocycles. The zero-order chi connectivity index (χ0) is 15.3. The molecule has 0 aliphatic carbocycles. The van der Waals surface area contributed by atoms with Gasteiger partial charge in [-0.2, -0.15) is 5.10 Å². The lowest BCUT2D eigenvalue weighted by Crippen LogP contribution is -2.45. The number of aromatic nitrogens is 3. The number of likely N-dealkylation sites (tertiary alicyclic amines) is 1. The summed E-state index contributed by atoms with van der Waals surface area (Å²) in [6, 6.07) is 4.21. The van der Waals surface area contributed by atoms with E-state index in [1.807, 2.05) is 29.5 Å². The van der Waals surface area contributed by atoms with Gasteiger partial charge in [0, 0.05) is 23.8 Å². The molecule has 0 radical (unpaired) electrons. The summed E-state index contributed by atoms with van der Waals surface area (Å²) >= 11 is 7.98. The minimum atomic E-state index is -0.127. The van der Waals surface area contributed by atoms with Crippen LogP contribution in [0.15, 0.2) is 29.9 Å². The van der Waals surface area contributed by atoms with E-state index >= 15 is 0 Å². The molecule has 1 aliphatic heterocycles. The number of rotatable bonds is 2. The van der Waals surface area contributed by atoms with E-state index in [-0.39, 0.29) is 17.6 Å². The van der Waals surface area contributed by atoms with E-state index in [0.717, 1.165) is 18.5 Å². The van der Waals surface area contributed by atoms with Crippen molar-refractivity contribution >= 4 is 34.5 Å². The highest BCUT2D eigenvalue weighted by molar-refractivity contribution is 7.10. The highest BCUT2D eigenvalue weighted by Crippen LogP contribution is 2.37. The predicted octanol–water partition coefficient (Wildman–Crippen LogP) is 3.34. The van der Waals surface area contributed by atoms with Gasteiger partial charge in [-0.05, 0) is 30.4 Å². The summed E-state index contributed by atoms with van der Waals surface area (Å²) in [5.74, 6) is -0.127. The third-order valence-electron chi connectivity index (χ3n) is 3.90. The van der Waals surface area contributed by atoms with Crippen molar-refractivity contribution in [3.63, 3.8) is 0 Å². The Bertz CT molecular complexity index is 858. The van der Waals surface area contributed by atoms with E-state index in [0.29, 0.717) is 10.7 Å². The maximum atomic E-state index is 12.8. The first-order valence-electron chi connectivity index (χ1n) is 7.00. The molecule has 112 valence electrons. The molecule has 1 aliphatic rings. The number of aryl methyl sites for hydroxylation is 1. The number of carbonyl (C=O) groups is 1. The maximum Gasteiger partial charge on any atom is 0.276 e. The standard InChI is InChI=1S/C15H13ClN4OS/c1-9-7-17-14-12(16)13(18-20(14)8-9)15(21)19-5-4-10(19)11-3-2-6-22-11/h2-3,6-8,10H,4-5H2,1H3. The van der Waals surface area contributed by atoms with E-state index < -0.39 is 0 Å². The second-order valence-corrected chi connectivity index (χ2v) is 6.74. The van der Waals surface area contributed by atoms with Crippen molar-refractivity contribution in [2.45, 2.75) is 19.4 Å². The van der Waals surface area contributed by atoms with Gasteiger partial charge in [-0.25, -0.2) is 9.50 Å². The number of fused-ring (bicyclic) bond motifs is 1. The molecular weight excluding hydrogens is 320 g/mol. The van der Waals surface area contributed by atoms with Crippen LogP contribution in [0.5, 0.6) is 0 Å². The molecule has 1 fully saturated rings. The van der Waals surface area contributed by atoms with Gasteiger partial charge >= 0.3 is 0 Å².